The maximum absolute atomic E-state index is 12.9. The van der Waals surface area contributed by atoms with E-state index in [0.29, 0.717) is 51.9 Å². The molecule has 9 nitrogen and oxygen atoms in total. The summed E-state index contributed by atoms with van der Waals surface area (Å²) in [4.78, 5) is 66.5. The molecule has 9 heteroatoms. The van der Waals surface area contributed by atoms with Crippen molar-refractivity contribution in [1.29, 1.82) is 0 Å². The lowest BCUT2D eigenvalue weighted by Crippen LogP contribution is -2.40. The molecule has 0 bridgehead atoms. The van der Waals surface area contributed by atoms with Gasteiger partial charge in [0.25, 0.3) is 23.6 Å². The Bertz CT molecular complexity index is 1090. The van der Waals surface area contributed by atoms with Crippen LogP contribution < -0.4 is 5.73 Å². The number of unbranched alkanes of at least 4 members (excludes halogenated alkanes) is 2. The van der Waals surface area contributed by atoms with Crippen LogP contribution in [-0.2, 0) is 19.2 Å². The number of amides is 4. The maximum atomic E-state index is 12.9. The molecule has 2 aromatic carbocycles. The molecule has 2 aromatic rings. The highest BCUT2D eigenvalue weighted by molar-refractivity contribution is 6.26. The molecule has 0 aliphatic carbocycles. The van der Waals surface area contributed by atoms with Gasteiger partial charge in [0.05, 0.1) is 0 Å². The Morgan fingerprint density at radius 2 is 1.58 bits per heavy atom. The summed E-state index contributed by atoms with van der Waals surface area (Å²) in [6.07, 6.45) is 1.63. The monoisotopic (exact) mass is 423 g/mol. The number of benzene rings is 2. The van der Waals surface area contributed by atoms with Crippen molar-refractivity contribution in [2.24, 2.45) is 0 Å². The van der Waals surface area contributed by atoms with Crippen LogP contribution in [0.25, 0.3) is 10.8 Å². The second-order valence-corrected chi connectivity index (χ2v) is 7.55. The zero-order chi connectivity index (χ0) is 22.1. The smallest absolute Gasteiger partial charge is 0.333 e. The first kappa shape index (κ1) is 20.5. The Hall–Kier alpha value is -3.75. The highest BCUT2D eigenvalue weighted by Gasteiger charge is 2.33. The van der Waals surface area contributed by atoms with Crippen molar-refractivity contribution in [3.05, 3.63) is 41.5 Å². The summed E-state index contributed by atoms with van der Waals surface area (Å²) in [5.74, 6) is -2.42. The minimum atomic E-state index is -0.660. The molecule has 4 amide bonds. The summed E-state index contributed by atoms with van der Waals surface area (Å²) in [5.41, 5.74) is 7.40. The van der Waals surface area contributed by atoms with Gasteiger partial charge in [-0.25, -0.2) is 4.79 Å². The van der Waals surface area contributed by atoms with Gasteiger partial charge in [-0.2, -0.15) is 0 Å². The van der Waals surface area contributed by atoms with Crippen LogP contribution in [0.1, 0.15) is 59.2 Å². The summed E-state index contributed by atoms with van der Waals surface area (Å²) in [7, 11) is 0. The molecule has 0 saturated carbocycles. The first-order chi connectivity index (χ1) is 14.9. The van der Waals surface area contributed by atoms with E-state index in [1.807, 2.05) is 0 Å². The summed E-state index contributed by atoms with van der Waals surface area (Å²) < 4.78 is 0. The standard InChI is InChI=1S/C22H21N3O6/c23-16-9-8-15-20-13(16)5-4-6-14(20)21(29)24(22(15)30)12-3-1-2-7-19(28)31-25-17(26)10-11-18(25)27/h4-6,8-9H,1-3,7,10-12,23H2. The van der Waals surface area contributed by atoms with Gasteiger partial charge in [0.15, 0.2) is 0 Å². The van der Waals surface area contributed by atoms with Crippen molar-refractivity contribution in [3.8, 4) is 0 Å². The molecule has 0 aromatic heterocycles. The molecule has 2 heterocycles. The minimum absolute atomic E-state index is 0.0281. The maximum Gasteiger partial charge on any atom is 0.333 e. The van der Waals surface area contributed by atoms with E-state index in [1.54, 1.807) is 30.3 Å². The van der Waals surface area contributed by atoms with Crippen LogP contribution in [0, 0.1) is 0 Å². The normalized spacial score (nSPS) is 15.9. The highest BCUT2D eigenvalue weighted by atomic mass is 16.7. The molecule has 2 N–H and O–H groups in total. The highest BCUT2D eigenvalue weighted by Crippen LogP contribution is 2.33. The topological polar surface area (TPSA) is 127 Å². The fourth-order valence-corrected chi connectivity index (χ4v) is 3.89. The predicted molar refractivity (Wildman–Crippen MR) is 109 cm³/mol. The Balaban J connectivity index is 1.32. The van der Waals surface area contributed by atoms with Gasteiger partial charge in [-0.3, -0.25) is 24.1 Å². The van der Waals surface area contributed by atoms with E-state index in [1.165, 1.54) is 4.90 Å². The number of rotatable bonds is 7. The molecule has 4 rings (SSSR count). The van der Waals surface area contributed by atoms with E-state index in [4.69, 9.17) is 10.6 Å². The molecule has 2 aliphatic rings. The van der Waals surface area contributed by atoms with E-state index < -0.39 is 17.8 Å². The van der Waals surface area contributed by atoms with Gasteiger partial charge in [-0.05, 0) is 31.0 Å². The molecule has 1 fully saturated rings. The lowest BCUT2D eigenvalue weighted by molar-refractivity contribution is -0.197. The largest absolute Gasteiger partial charge is 0.398 e. The number of carbonyl (C=O) groups excluding carboxylic acids is 5. The van der Waals surface area contributed by atoms with Gasteiger partial charge >= 0.3 is 5.97 Å². The van der Waals surface area contributed by atoms with E-state index in [0.717, 1.165) is 0 Å². The average Bonchev–Trinajstić information content (AvgIpc) is 3.07. The fraction of sp³-hybridized carbons (Fsp3) is 0.318. The van der Waals surface area contributed by atoms with Crippen LogP contribution in [0.4, 0.5) is 5.69 Å². The number of anilines is 1. The summed E-state index contributed by atoms with van der Waals surface area (Å²) in [6, 6.07) is 8.51. The third kappa shape index (κ3) is 3.74. The number of hydrogen-bond donors (Lipinski definition) is 1. The zero-order valence-corrected chi connectivity index (χ0v) is 16.8. The number of hydrogen-bond acceptors (Lipinski definition) is 7. The number of hydroxylamine groups is 2. The van der Waals surface area contributed by atoms with Crippen molar-refractivity contribution in [1.82, 2.24) is 9.96 Å². The molecule has 2 aliphatic heterocycles. The SMILES string of the molecule is Nc1ccc2c3c(cccc13)C(=O)N(CCCCCC(=O)ON1C(=O)CCC1=O)C2=O. The second-order valence-electron chi connectivity index (χ2n) is 7.55. The first-order valence-electron chi connectivity index (χ1n) is 10.1. The van der Waals surface area contributed by atoms with Crippen LogP contribution >= 0.6 is 0 Å². The van der Waals surface area contributed by atoms with Crippen LogP contribution in [-0.4, -0.2) is 46.1 Å². The molecular formula is C22H21N3O6. The van der Waals surface area contributed by atoms with Gasteiger partial charge in [0.2, 0.25) is 0 Å². The van der Waals surface area contributed by atoms with Crippen molar-refractivity contribution in [3.63, 3.8) is 0 Å². The van der Waals surface area contributed by atoms with Crippen molar-refractivity contribution < 1.29 is 28.8 Å². The zero-order valence-electron chi connectivity index (χ0n) is 16.8. The predicted octanol–water partition coefficient (Wildman–Crippen LogP) is 2.19. The Labute approximate surface area is 177 Å². The van der Waals surface area contributed by atoms with E-state index >= 15 is 0 Å². The van der Waals surface area contributed by atoms with Crippen molar-refractivity contribution in [2.75, 3.05) is 12.3 Å². The van der Waals surface area contributed by atoms with Crippen LogP contribution in [0.3, 0.4) is 0 Å². The lowest BCUT2D eigenvalue weighted by Gasteiger charge is -2.27. The minimum Gasteiger partial charge on any atom is -0.398 e. The molecule has 1 saturated heterocycles. The van der Waals surface area contributed by atoms with E-state index in [2.05, 4.69) is 0 Å². The molecular weight excluding hydrogens is 402 g/mol. The van der Waals surface area contributed by atoms with Gasteiger partial charge in [-0.1, -0.05) is 18.6 Å². The number of carbonyl (C=O) groups is 5. The molecule has 31 heavy (non-hydrogen) atoms. The van der Waals surface area contributed by atoms with E-state index in [-0.39, 0.29) is 37.6 Å². The van der Waals surface area contributed by atoms with Crippen LogP contribution in [0.15, 0.2) is 30.3 Å². The Kier molecular flexibility index (Phi) is 5.41. The number of nitrogens with two attached hydrogens (primary N) is 1. The molecule has 0 radical (unpaired) electrons. The number of nitrogens with zero attached hydrogens (tertiary/aromatic N) is 2. The lowest BCUT2D eigenvalue weighted by atomic mass is 9.93. The summed E-state index contributed by atoms with van der Waals surface area (Å²) in [5, 5.41) is 1.80. The van der Waals surface area contributed by atoms with Gasteiger partial charge in [-0.15, -0.1) is 5.06 Å². The van der Waals surface area contributed by atoms with E-state index in [9.17, 15) is 24.0 Å². The van der Waals surface area contributed by atoms with Gasteiger partial charge < -0.3 is 10.6 Å². The van der Waals surface area contributed by atoms with Crippen molar-refractivity contribution >= 4 is 46.1 Å². The third-order valence-electron chi connectivity index (χ3n) is 5.49. The first-order valence-corrected chi connectivity index (χ1v) is 10.1. The average molecular weight is 423 g/mol. The molecule has 0 atom stereocenters. The fourth-order valence-electron chi connectivity index (χ4n) is 3.89. The molecule has 0 unspecified atom stereocenters. The third-order valence-corrected chi connectivity index (χ3v) is 5.49. The van der Waals surface area contributed by atoms with Gasteiger partial charge in [0.1, 0.15) is 0 Å². The molecule has 160 valence electrons. The summed E-state index contributed by atoms with van der Waals surface area (Å²) >= 11 is 0. The Morgan fingerprint density at radius 1 is 0.903 bits per heavy atom. The van der Waals surface area contributed by atoms with Crippen LogP contribution in [0.2, 0.25) is 0 Å². The second kappa shape index (κ2) is 8.17. The number of nitrogen functional groups attached to an aromatic ring is 1. The number of imide groups is 2. The quantitative estimate of drug-likeness (QED) is 0.411. The van der Waals surface area contributed by atoms with Crippen molar-refractivity contribution in [2.45, 2.75) is 38.5 Å². The van der Waals surface area contributed by atoms with Gasteiger partial charge in [0, 0.05) is 53.4 Å². The Morgan fingerprint density at radius 3 is 2.29 bits per heavy atom. The summed E-state index contributed by atoms with van der Waals surface area (Å²) in [6.45, 7) is 0.218. The van der Waals surface area contributed by atoms with Crippen LogP contribution in [0.5, 0.6) is 0 Å². The molecule has 0 spiro atoms.